The van der Waals surface area contributed by atoms with Gasteiger partial charge in [-0.2, -0.15) is 0 Å². The highest BCUT2D eigenvalue weighted by Crippen LogP contribution is 2.13. The maximum Gasteiger partial charge on any atom is 0.410 e. The van der Waals surface area contributed by atoms with E-state index in [2.05, 4.69) is 4.98 Å². The zero-order chi connectivity index (χ0) is 18.7. The van der Waals surface area contributed by atoms with E-state index < -0.39 is 5.60 Å². The van der Waals surface area contributed by atoms with Crippen LogP contribution in [-0.2, 0) is 9.53 Å². The molecule has 0 atom stereocenters. The Kier molecular flexibility index (Phi) is 4.97. The van der Waals surface area contributed by atoms with Crippen molar-refractivity contribution < 1.29 is 14.3 Å². The normalized spacial score (nSPS) is 15.7. The number of piperazine rings is 1. The number of rotatable bonds is 2. The molecule has 0 unspecified atom stereocenters. The van der Waals surface area contributed by atoms with Crippen molar-refractivity contribution in [1.82, 2.24) is 19.2 Å². The number of hydrogen-bond donors (Lipinski definition) is 0. The minimum atomic E-state index is -0.513. The summed E-state index contributed by atoms with van der Waals surface area (Å²) in [7, 11) is 0. The van der Waals surface area contributed by atoms with Gasteiger partial charge >= 0.3 is 6.09 Å². The molecular weight excluding hydrogens is 332 g/mol. The highest BCUT2D eigenvalue weighted by atomic mass is 16.6. The largest absolute Gasteiger partial charge is 0.444 e. The van der Waals surface area contributed by atoms with E-state index in [1.807, 2.05) is 49.6 Å². The lowest BCUT2D eigenvalue weighted by Crippen LogP contribution is -2.51. The van der Waals surface area contributed by atoms with Crippen molar-refractivity contribution >= 4 is 23.7 Å². The molecule has 0 spiro atoms. The van der Waals surface area contributed by atoms with Gasteiger partial charge in [0.25, 0.3) is 0 Å². The van der Waals surface area contributed by atoms with E-state index >= 15 is 0 Å². The van der Waals surface area contributed by atoms with Gasteiger partial charge < -0.3 is 18.9 Å². The van der Waals surface area contributed by atoms with Crippen LogP contribution in [0.1, 0.15) is 26.5 Å². The second kappa shape index (κ2) is 7.19. The summed E-state index contributed by atoms with van der Waals surface area (Å²) in [6.45, 7) is 7.47. The van der Waals surface area contributed by atoms with Crippen LogP contribution in [0.2, 0.25) is 0 Å². The summed E-state index contributed by atoms with van der Waals surface area (Å²) in [5.41, 5.74) is 1.17. The third-order valence-corrected chi connectivity index (χ3v) is 4.09. The first-order valence-electron chi connectivity index (χ1n) is 8.70. The molecule has 0 aliphatic carbocycles. The van der Waals surface area contributed by atoms with Gasteiger partial charge in [0.15, 0.2) is 0 Å². The molecule has 7 heteroatoms. The molecule has 2 amide bonds. The van der Waals surface area contributed by atoms with E-state index in [1.54, 1.807) is 28.1 Å². The van der Waals surface area contributed by atoms with Crippen molar-refractivity contribution in [3.8, 4) is 0 Å². The van der Waals surface area contributed by atoms with Gasteiger partial charge in [0.2, 0.25) is 5.91 Å². The summed E-state index contributed by atoms with van der Waals surface area (Å²) < 4.78 is 7.29. The Bertz CT molecular complexity index is 827. The van der Waals surface area contributed by atoms with E-state index in [9.17, 15) is 9.59 Å². The smallest absolute Gasteiger partial charge is 0.410 e. The molecule has 1 fully saturated rings. The summed E-state index contributed by atoms with van der Waals surface area (Å²) >= 11 is 0. The fourth-order valence-electron chi connectivity index (χ4n) is 2.77. The molecule has 1 aliphatic heterocycles. The van der Waals surface area contributed by atoms with Crippen molar-refractivity contribution in [2.45, 2.75) is 26.4 Å². The van der Waals surface area contributed by atoms with Gasteiger partial charge in [-0.05, 0) is 39.0 Å². The molecule has 26 heavy (non-hydrogen) atoms. The van der Waals surface area contributed by atoms with E-state index in [0.717, 1.165) is 11.3 Å². The van der Waals surface area contributed by atoms with Gasteiger partial charge in [-0.1, -0.05) is 6.07 Å². The highest BCUT2D eigenvalue weighted by Gasteiger charge is 2.26. The summed E-state index contributed by atoms with van der Waals surface area (Å²) in [6.07, 6.45) is 6.64. The van der Waals surface area contributed by atoms with Crippen LogP contribution in [0.5, 0.6) is 0 Å². The number of ether oxygens (including phenoxy) is 1. The lowest BCUT2D eigenvalue weighted by Gasteiger charge is -2.35. The molecule has 0 saturated carbocycles. The van der Waals surface area contributed by atoms with Crippen LogP contribution in [0.15, 0.2) is 36.7 Å². The predicted octanol–water partition coefficient (Wildman–Crippen LogP) is 2.43. The van der Waals surface area contributed by atoms with Gasteiger partial charge in [-0.15, -0.1) is 0 Å². The quantitative estimate of drug-likeness (QED) is 0.775. The first-order valence-corrected chi connectivity index (χ1v) is 8.70. The summed E-state index contributed by atoms with van der Waals surface area (Å²) in [5, 5.41) is 0. The summed E-state index contributed by atoms with van der Waals surface area (Å²) in [4.78, 5) is 32.2. The van der Waals surface area contributed by atoms with Gasteiger partial charge in [0.1, 0.15) is 11.2 Å². The Balaban J connectivity index is 1.56. The SMILES string of the molecule is CC(C)(C)OC(=O)N1CCN(C(=O)/C=C/c2cnc3ccccn23)CC1. The number of amides is 2. The second-order valence-corrected chi connectivity index (χ2v) is 7.24. The standard InChI is InChI=1S/C19H24N4O3/c1-19(2,3)26-18(25)22-12-10-21(11-13-22)17(24)8-7-15-14-20-16-6-4-5-9-23(15)16/h4-9,14H,10-13H2,1-3H3/b8-7+. The Hall–Kier alpha value is -2.83. The van der Waals surface area contributed by atoms with Crippen molar-refractivity contribution in [3.05, 3.63) is 42.4 Å². The van der Waals surface area contributed by atoms with E-state index in [4.69, 9.17) is 4.74 Å². The first kappa shape index (κ1) is 18.0. The zero-order valence-corrected chi connectivity index (χ0v) is 15.4. The van der Waals surface area contributed by atoms with Crippen LogP contribution in [0, 0.1) is 0 Å². The average molecular weight is 356 g/mol. The van der Waals surface area contributed by atoms with E-state index in [1.165, 1.54) is 0 Å². The van der Waals surface area contributed by atoms with Crippen LogP contribution >= 0.6 is 0 Å². The van der Waals surface area contributed by atoms with Crippen molar-refractivity contribution in [3.63, 3.8) is 0 Å². The number of fused-ring (bicyclic) bond motifs is 1. The number of pyridine rings is 1. The van der Waals surface area contributed by atoms with Crippen molar-refractivity contribution in [1.29, 1.82) is 0 Å². The molecule has 1 aliphatic rings. The van der Waals surface area contributed by atoms with Crippen molar-refractivity contribution in [2.75, 3.05) is 26.2 Å². The van der Waals surface area contributed by atoms with Crippen LogP contribution in [0.25, 0.3) is 11.7 Å². The fourth-order valence-corrected chi connectivity index (χ4v) is 2.77. The van der Waals surface area contributed by atoms with Gasteiger partial charge in [-0.3, -0.25) is 4.79 Å². The lowest BCUT2D eigenvalue weighted by molar-refractivity contribution is -0.127. The third-order valence-electron chi connectivity index (χ3n) is 4.09. The minimum absolute atomic E-state index is 0.0697. The average Bonchev–Trinajstić information content (AvgIpc) is 3.01. The molecule has 3 rings (SSSR count). The molecule has 0 radical (unpaired) electrons. The van der Waals surface area contributed by atoms with E-state index in [-0.39, 0.29) is 12.0 Å². The molecule has 138 valence electrons. The molecule has 7 nitrogen and oxygen atoms in total. The lowest BCUT2D eigenvalue weighted by atomic mass is 10.2. The number of aromatic nitrogens is 2. The maximum atomic E-state index is 12.4. The molecule has 3 heterocycles. The Morgan fingerprint density at radius 1 is 1.12 bits per heavy atom. The minimum Gasteiger partial charge on any atom is -0.444 e. The number of nitrogens with zero attached hydrogens (tertiary/aromatic N) is 4. The van der Waals surface area contributed by atoms with Gasteiger partial charge in [0, 0.05) is 38.5 Å². The molecule has 2 aromatic heterocycles. The third kappa shape index (κ3) is 4.22. The highest BCUT2D eigenvalue weighted by molar-refractivity contribution is 5.91. The van der Waals surface area contributed by atoms with Gasteiger partial charge in [-0.25, -0.2) is 9.78 Å². The molecule has 0 bridgehead atoms. The molecule has 0 N–H and O–H groups in total. The maximum absolute atomic E-state index is 12.4. The number of imidazole rings is 1. The van der Waals surface area contributed by atoms with Crippen LogP contribution in [0.3, 0.4) is 0 Å². The molecule has 0 aromatic carbocycles. The Morgan fingerprint density at radius 2 is 1.81 bits per heavy atom. The fraction of sp³-hybridized carbons (Fsp3) is 0.421. The topological polar surface area (TPSA) is 67.2 Å². The number of carbonyl (C=O) groups excluding carboxylic acids is 2. The van der Waals surface area contributed by atoms with E-state index in [0.29, 0.717) is 26.2 Å². The van der Waals surface area contributed by atoms with Crippen LogP contribution < -0.4 is 0 Å². The molecule has 2 aromatic rings. The Morgan fingerprint density at radius 3 is 2.50 bits per heavy atom. The van der Waals surface area contributed by atoms with Crippen LogP contribution in [-0.4, -0.2) is 63.0 Å². The van der Waals surface area contributed by atoms with Gasteiger partial charge in [0.05, 0.1) is 11.9 Å². The second-order valence-electron chi connectivity index (χ2n) is 7.24. The van der Waals surface area contributed by atoms with Crippen LogP contribution in [0.4, 0.5) is 4.79 Å². The predicted molar refractivity (Wildman–Crippen MR) is 98.6 cm³/mol. The first-order chi connectivity index (χ1) is 12.3. The monoisotopic (exact) mass is 356 g/mol. The molecule has 1 saturated heterocycles. The summed E-state index contributed by atoms with van der Waals surface area (Å²) in [5.74, 6) is -0.0697. The summed E-state index contributed by atoms with van der Waals surface area (Å²) in [6, 6.07) is 5.75. The number of carbonyl (C=O) groups is 2. The zero-order valence-electron chi connectivity index (χ0n) is 15.4. The number of hydrogen-bond acceptors (Lipinski definition) is 4. The molecular formula is C19H24N4O3. The van der Waals surface area contributed by atoms with Crippen molar-refractivity contribution in [2.24, 2.45) is 0 Å². The Labute approximate surface area is 152 Å².